The van der Waals surface area contributed by atoms with E-state index in [4.69, 9.17) is 9.47 Å². The average Bonchev–Trinajstić information content (AvgIpc) is 2.42. The van der Waals surface area contributed by atoms with Crippen LogP contribution in [0.5, 0.6) is 0 Å². The first-order valence-corrected chi connectivity index (χ1v) is 7.20. The van der Waals surface area contributed by atoms with Crippen molar-refractivity contribution >= 4 is 0 Å². The Morgan fingerprint density at radius 2 is 1.74 bits per heavy atom. The monoisotopic (exact) mass is 265 g/mol. The molecule has 0 saturated carbocycles. The molecule has 108 valence electrons. The highest BCUT2D eigenvalue weighted by Gasteiger charge is 2.23. The second kappa shape index (κ2) is 9.08. The maximum Gasteiger partial charge on any atom is 0.1000 e. The van der Waals surface area contributed by atoms with Crippen LogP contribution < -0.4 is 5.32 Å². The average molecular weight is 265 g/mol. The highest BCUT2D eigenvalue weighted by molar-refractivity contribution is 5.19. The maximum atomic E-state index is 5.93. The number of benzene rings is 1. The van der Waals surface area contributed by atoms with Gasteiger partial charge < -0.3 is 14.8 Å². The standard InChI is InChI=1S/C16H27NO2/c1-5-17-15(12-19-13(3)4)16(18-6-2)14-10-8-7-9-11-14/h7-11,13,15-17H,5-6,12H2,1-4H3. The number of likely N-dealkylation sites (N-methyl/N-ethyl adjacent to an activating group) is 1. The van der Waals surface area contributed by atoms with Crippen LogP contribution in [0.15, 0.2) is 30.3 Å². The van der Waals surface area contributed by atoms with Crippen molar-refractivity contribution < 1.29 is 9.47 Å². The van der Waals surface area contributed by atoms with Crippen molar-refractivity contribution in [1.82, 2.24) is 5.32 Å². The highest BCUT2D eigenvalue weighted by atomic mass is 16.5. The van der Waals surface area contributed by atoms with Crippen molar-refractivity contribution in [2.24, 2.45) is 0 Å². The van der Waals surface area contributed by atoms with Crippen molar-refractivity contribution in [2.75, 3.05) is 19.8 Å². The fraction of sp³-hybridized carbons (Fsp3) is 0.625. The van der Waals surface area contributed by atoms with Gasteiger partial charge in [-0.1, -0.05) is 37.3 Å². The van der Waals surface area contributed by atoms with E-state index in [1.165, 1.54) is 5.56 Å². The number of hydrogen-bond acceptors (Lipinski definition) is 3. The molecule has 3 nitrogen and oxygen atoms in total. The van der Waals surface area contributed by atoms with Gasteiger partial charge in [0.05, 0.1) is 24.9 Å². The van der Waals surface area contributed by atoms with Gasteiger partial charge in [0, 0.05) is 6.61 Å². The lowest BCUT2D eigenvalue weighted by atomic mass is 10.0. The summed E-state index contributed by atoms with van der Waals surface area (Å²) in [6, 6.07) is 10.5. The minimum atomic E-state index is 0.0323. The molecule has 0 aromatic heterocycles. The fourth-order valence-corrected chi connectivity index (χ4v) is 2.08. The summed E-state index contributed by atoms with van der Waals surface area (Å²) in [6.07, 6.45) is 0.268. The Bertz CT molecular complexity index is 327. The van der Waals surface area contributed by atoms with Crippen molar-refractivity contribution in [3.8, 4) is 0 Å². The quantitative estimate of drug-likeness (QED) is 0.744. The van der Waals surface area contributed by atoms with Crippen LogP contribution >= 0.6 is 0 Å². The molecule has 0 saturated heterocycles. The van der Waals surface area contributed by atoms with Gasteiger partial charge in [-0.2, -0.15) is 0 Å². The van der Waals surface area contributed by atoms with Crippen LogP contribution in [0.4, 0.5) is 0 Å². The van der Waals surface area contributed by atoms with Crippen molar-refractivity contribution in [2.45, 2.75) is 45.9 Å². The molecule has 0 aliphatic rings. The number of nitrogens with one attached hydrogen (secondary N) is 1. The Kier molecular flexibility index (Phi) is 7.72. The molecular formula is C16H27NO2. The SMILES string of the molecule is CCNC(COC(C)C)C(OCC)c1ccccc1. The van der Waals surface area contributed by atoms with E-state index in [-0.39, 0.29) is 18.2 Å². The molecule has 19 heavy (non-hydrogen) atoms. The first kappa shape index (κ1) is 16.2. The van der Waals surface area contributed by atoms with Crippen LogP contribution in [0.2, 0.25) is 0 Å². The molecule has 0 amide bonds. The second-order valence-corrected chi connectivity index (χ2v) is 4.83. The van der Waals surface area contributed by atoms with E-state index in [9.17, 15) is 0 Å². The predicted octanol–water partition coefficient (Wildman–Crippen LogP) is 3.17. The van der Waals surface area contributed by atoms with Crippen molar-refractivity contribution in [3.05, 3.63) is 35.9 Å². The third kappa shape index (κ3) is 5.72. The summed E-state index contributed by atoms with van der Waals surface area (Å²) in [5.74, 6) is 0. The predicted molar refractivity (Wildman–Crippen MR) is 79.4 cm³/mol. The van der Waals surface area contributed by atoms with Gasteiger partial charge in [-0.05, 0) is 32.9 Å². The zero-order valence-electron chi connectivity index (χ0n) is 12.6. The van der Waals surface area contributed by atoms with Crippen LogP contribution in [-0.4, -0.2) is 31.9 Å². The fourth-order valence-electron chi connectivity index (χ4n) is 2.08. The third-order valence-electron chi connectivity index (χ3n) is 2.92. The van der Waals surface area contributed by atoms with Crippen LogP contribution in [0.1, 0.15) is 39.4 Å². The van der Waals surface area contributed by atoms with E-state index in [0.29, 0.717) is 13.2 Å². The zero-order chi connectivity index (χ0) is 14.1. The molecule has 0 spiro atoms. The molecule has 1 rings (SSSR count). The maximum absolute atomic E-state index is 5.93. The molecule has 0 aliphatic heterocycles. The van der Waals surface area contributed by atoms with Crippen molar-refractivity contribution in [3.63, 3.8) is 0 Å². The molecule has 0 aliphatic carbocycles. The van der Waals surface area contributed by atoms with Gasteiger partial charge in [0.2, 0.25) is 0 Å². The van der Waals surface area contributed by atoms with E-state index < -0.39 is 0 Å². The lowest BCUT2D eigenvalue weighted by Gasteiger charge is -2.28. The normalized spacial score (nSPS) is 14.6. The topological polar surface area (TPSA) is 30.5 Å². The molecule has 0 fully saturated rings. The smallest absolute Gasteiger partial charge is 0.1000 e. The van der Waals surface area contributed by atoms with E-state index >= 15 is 0 Å². The molecule has 1 aromatic carbocycles. The molecule has 2 atom stereocenters. The van der Waals surface area contributed by atoms with Crippen LogP contribution in [0.25, 0.3) is 0 Å². The summed E-state index contributed by atoms with van der Waals surface area (Å²) in [4.78, 5) is 0. The first-order valence-electron chi connectivity index (χ1n) is 7.20. The molecule has 0 bridgehead atoms. The summed E-state index contributed by atoms with van der Waals surface area (Å²) in [5, 5.41) is 3.47. The molecule has 3 heteroatoms. The summed E-state index contributed by atoms with van der Waals surface area (Å²) in [6.45, 7) is 10.5. The lowest BCUT2D eigenvalue weighted by Crippen LogP contribution is -2.40. The Morgan fingerprint density at radius 1 is 1.05 bits per heavy atom. The third-order valence-corrected chi connectivity index (χ3v) is 2.92. The minimum Gasteiger partial charge on any atom is -0.377 e. The van der Waals surface area contributed by atoms with Crippen molar-refractivity contribution in [1.29, 1.82) is 0 Å². The van der Waals surface area contributed by atoms with E-state index in [2.05, 4.69) is 38.2 Å². The van der Waals surface area contributed by atoms with Gasteiger partial charge >= 0.3 is 0 Å². The summed E-state index contributed by atoms with van der Waals surface area (Å²) >= 11 is 0. The summed E-state index contributed by atoms with van der Waals surface area (Å²) in [7, 11) is 0. The van der Waals surface area contributed by atoms with Gasteiger partial charge in [-0.3, -0.25) is 0 Å². The molecule has 2 unspecified atom stereocenters. The molecule has 0 radical (unpaired) electrons. The second-order valence-electron chi connectivity index (χ2n) is 4.83. The van der Waals surface area contributed by atoms with Gasteiger partial charge in [0.1, 0.15) is 0 Å². The molecule has 1 N–H and O–H groups in total. The number of rotatable bonds is 9. The molecule has 1 aromatic rings. The van der Waals surface area contributed by atoms with Crippen LogP contribution in [0.3, 0.4) is 0 Å². The number of hydrogen-bond donors (Lipinski definition) is 1. The van der Waals surface area contributed by atoms with E-state index in [1.54, 1.807) is 0 Å². The lowest BCUT2D eigenvalue weighted by molar-refractivity contribution is -0.0147. The zero-order valence-corrected chi connectivity index (χ0v) is 12.6. The minimum absolute atomic E-state index is 0.0323. The largest absolute Gasteiger partial charge is 0.377 e. The van der Waals surface area contributed by atoms with Crippen LogP contribution in [0, 0.1) is 0 Å². The van der Waals surface area contributed by atoms with E-state index in [0.717, 1.165) is 6.54 Å². The van der Waals surface area contributed by atoms with Crippen LogP contribution in [-0.2, 0) is 9.47 Å². The highest BCUT2D eigenvalue weighted by Crippen LogP contribution is 2.22. The summed E-state index contributed by atoms with van der Waals surface area (Å²) in [5.41, 5.74) is 1.20. The first-order chi connectivity index (χ1) is 9.19. The Labute approximate surface area is 117 Å². The molecular weight excluding hydrogens is 238 g/mol. The Balaban J connectivity index is 2.79. The van der Waals surface area contributed by atoms with Gasteiger partial charge in [-0.25, -0.2) is 0 Å². The van der Waals surface area contributed by atoms with Gasteiger partial charge in [0.25, 0.3) is 0 Å². The summed E-state index contributed by atoms with van der Waals surface area (Å²) < 4.78 is 11.7. The molecule has 0 heterocycles. The van der Waals surface area contributed by atoms with E-state index in [1.807, 2.05) is 25.1 Å². The Morgan fingerprint density at radius 3 is 2.26 bits per heavy atom. The van der Waals surface area contributed by atoms with Gasteiger partial charge in [0.15, 0.2) is 0 Å². The Hall–Kier alpha value is -0.900. The van der Waals surface area contributed by atoms with Gasteiger partial charge in [-0.15, -0.1) is 0 Å². The number of ether oxygens (including phenoxy) is 2.